The summed E-state index contributed by atoms with van der Waals surface area (Å²) in [5.41, 5.74) is 0.570. The van der Waals surface area contributed by atoms with Crippen molar-refractivity contribution in [2.24, 2.45) is 11.8 Å². The smallest absolute Gasteiger partial charge is 0.233 e. The van der Waals surface area contributed by atoms with Crippen LogP contribution in [0.5, 0.6) is 5.75 Å². The Morgan fingerprint density at radius 2 is 1.61 bits per heavy atom. The van der Waals surface area contributed by atoms with Crippen molar-refractivity contribution in [3.8, 4) is 5.75 Å². The molecule has 2 aliphatic heterocycles. The highest BCUT2D eigenvalue weighted by Gasteiger charge is 2.47. The van der Waals surface area contributed by atoms with Crippen LogP contribution in [0.3, 0.4) is 0 Å². The van der Waals surface area contributed by atoms with Gasteiger partial charge in [-0.25, -0.2) is 0 Å². The number of benzene rings is 1. The lowest BCUT2D eigenvalue weighted by Gasteiger charge is -2.54. The molecule has 2 unspecified atom stereocenters. The van der Waals surface area contributed by atoms with Crippen molar-refractivity contribution >= 4 is 17.5 Å². The van der Waals surface area contributed by atoms with Crippen LogP contribution in [0.15, 0.2) is 36.4 Å². The molecule has 2 atom stereocenters. The summed E-state index contributed by atoms with van der Waals surface area (Å²) in [6, 6.07) is 7.23. The fraction of sp³-hybridized carbons (Fsp3) is 0.565. The average molecular weight is 430 g/mol. The fourth-order valence-corrected chi connectivity index (χ4v) is 5.05. The van der Waals surface area contributed by atoms with E-state index in [0.29, 0.717) is 43.9 Å². The monoisotopic (exact) mass is 429 g/mol. The van der Waals surface area contributed by atoms with Gasteiger partial charge in [0.05, 0.1) is 25.0 Å². The van der Waals surface area contributed by atoms with Crippen LogP contribution in [0.1, 0.15) is 26.2 Å². The first-order valence-electron chi connectivity index (χ1n) is 11.2. The van der Waals surface area contributed by atoms with Gasteiger partial charge in [0.15, 0.2) is 11.4 Å². The number of hydrogen-bond donors (Lipinski definition) is 0. The second-order valence-corrected chi connectivity index (χ2v) is 8.80. The van der Waals surface area contributed by atoms with Crippen LogP contribution in [0.2, 0.25) is 0 Å². The third kappa shape index (κ3) is 4.25. The van der Waals surface area contributed by atoms with E-state index in [9.17, 15) is 20.0 Å². The Labute approximate surface area is 183 Å². The van der Waals surface area contributed by atoms with E-state index in [0.717, 1.165) is 0 Å². The molecule has 8 heteroatoms. The molecule has 0 saturated carbocycles. The van der Waals surface area contributed by atoms with E-state index in [-0.39, 0.29) is 56.4 Å². The minimum absolute atomic E-state index is 0.0989. The highest BCUT2D eigenvalue weighted by Crippen LogP contribution is 2.36. The Kier molecular flexibility index (Phi) is 6.16. The number of hydrogen-bond acceptors (Lipinski definition) is 5. The van der Waals surface area contributed by atoms with Gasteiger partial charge in [-0.3, -0.25) is 14.5 Å². The zero-order valence-corrected chi connectivity index (χ0v) is 18.1. The van der Waals surface area contributed by atoms with Gasteiger partial charge in [0.1, 0.15) is 26.2 Å². The molecule has 2 amide bonds. The summed E-state index contributed by atoms with van der Waals surface area (Å²) in [6.07, 6.45) is 5.65. The van der Waals surface area contributed by atoms with Crippen LogP contribution in [0, 0.1) is 22.3 Å². The second-order valence-electron chi connectivity index (χ2n) is 8.80. The van der Waals surface area contributed by atoms with Gasteiger partial charge in [-0.2, -0.15) is 0 Å². The number of amides is 2. The zero-order chi connectivity index (χ0) is 22.1. The Balaban J connectivity index is 1.32. The number of carbonyl (C=O) groups is 2. The normalized spacial score (nSPS) is 32.9. The minimum atomic E-state index is -0.558. The predicted octanol–water partition coefficient (Wildman–Crippen LogP) is 2.56. The number of imide groups is 1. The van der Waals surface area contributed by atoms with Crippen molar-refractivity contribution < 1.29 is 19.0 Å². The van der Waals surface area contributed by atoms with Gasteiger partial charge >= 0.3 is 0 Å². The number of quaternary nitrogens is 2. The third-order valence-corrected chi connectivity index (χ3v) is 6.89. The van der Waals surface area contributed by atoms with Crippen molar-refractivity contribution in [2.75, 3.05) is 45.9 Å². The number of fused-ring (bicyclic) bond motifs is 1. The number of piperazine rings is 1. The number of para-hydroxylation sites is 2. The van der Waals surface area contributed by atoms with E-state index in [1.165, 1.54) is 4.90 Å². The summed E-state index contributed by atoms with van der Waals surface area (Å²) in [6.45, 7) is 3.74. The molecule has 31 heavy (non-hydrogen) atoms. The number of carbonyl (C=O) groups excluding carboxylic acids is 2. The Morgan fingerprint density at radius 1 is 1.00 bits per heavy atom. The zero-order valence-electron chi connectivity index (χ0n) is 18.1. The summed E-state index contributed by atoms with van der Waals surface area (Å²) in [5, 5.41) is 26.6. The maximum atomic E-state index is 13.4. The van der Waals surface area contributed by atoms with E-state index in [4.69, 9.17) is 4.74 Å². The van der Waals surface area contributed by atoms with Gasteiger partial charge in [0.25, 0.3) is 0 Å². The molecule has 0 spiro atoms. The van der Waals surface area contributed by atoms with E-state index in [1.54, 1.807) is 12.1 Å². The van der Waals surface area contributed by atoms with Gasteiger partial charge in [-0.15, -0.1) is 0 Å². The molecule has 4 rings (SSSR count). The molecular formula is C23H31N3O5. The van der Waals surface area contributed by atoms with Crippen molar-refractivity contribution in [1.29, 1.82) is 0 Å². The quantitative estimate of drug-likeness (QED) is 0.287. The van der Waals surface area contributed by atoms with Gasteiger partial charge in [-0.05, 0) is 25.8 Å². The third-order valence-electron chi connectivity index (χ3n) is 6.89. The van der Waals surface area contributed by atoms with Crippen molar-refractivity contribution in [3.63, 3.8) is 0 Å². The van der Waals surface area contributed by atoms with Gasteiger partial charge in [0.2, 0.25) is 11.8 Å². The van der Waals surface area contributed by atoms with E-state index >= 15 is 0 Å². The molecule has 0 aromatic heterocycles. The largest absolute Gasteiger partial charge is 0.632 e. The molecule has 0 radical (unpaired) electrons. The number of likely N-dealkylation sites (tertiary alicyclic amines) is 1. The van der Waals surface area contributed by atoms with E-state index < -0.39 is 9.29 Å². The molecule has 1 aromatic rings. The highest BCUT2D eigenvalue weighted by atomic mass is 16.6. The number of hydroxylamine groups is 5. The molecule has 2 fully saturated rings. The summed E-state index contributed by atoms with van der Waals surface area (Å²) in [4.78, 5) is 26.5. The lowest BCUT2D eigenvalue weighted by atomic mass is 9.85. The summed E-state index contributed by atoms with van der Waals surface area (Å²) in [7, 11) is 0. The number of allylic oxidation sites excluding steroid dienone is 2. The van der Waals surface area contributed by atoms with Crippen molar-refractivity contribution in [2.45, 2.75) is 26.2 Å². The standard InChI is InChI=1S/C23H31N3O5/c1-2-31-21-11-6-5-10-20(21)26(30)16-14-25(29,15-17-26)13-7-12-24-22(27)18-8-3-4-9-19(18)23(24)28/h3-6,10-11,18-19H,2,7-9,12-17H2,1H3. The molecule has 168 valence electrons. The SMILES string of the molecule is CCOc1ccccc1[N+]1([O-])CC[N+]([O-])(CCCN2C(=O)C3CC=CCC3C2=O)CC1. The van der Waals surface area contributed by atoms with E-state index in [1.807, 2.05) is 31.2 Å². The van der Waals surface area contributed by atoms with Crippen molar-refractivity contribution in [3.05, 3.63) is 46.8 Å². The van der Waals surface area contributed by atoms with Gasteiger partial charge in [0, 0.05) is 19.0 Å². The van der Waals surface area contributed by atoms with Gasteiger partial charge < -0.3 is 24.4 Å². The maximum Gasteiger partial charge on any atom is 0.233 e. The predicted molar refractivity (Wildman–Crippen MR) is 117 cm³/mol. The first kappa shape index (κ1) is 22.0. The first-order chi connectivity index (χ1) is 14.9. The minimum Gasteiger partial charge on any atom is -0.632 e. The van der Waals surface area contributed by atoms with Crippen LogP contribution in [-0.2, 0) is 9.59 Å². The second kappa shape index (κ2) is 8.70. The number of nitrogens with zero attached hydrogens (tertiary/aromatic N) is 3. The molecule has 1 aromatic carbocycles. The highest BCUT2D eigenvalue weighted by molar-refractivity contribution is 6.05. The topological polar surface area (TPSA) is 92.7 Å². The van der Waals surface area contributed by atoms with Crippen LogP contribution >= 0.6 is 0 Å². The molecule has 2 heterocycles. The Bertz CT molecular complexity index is 837. The molecule has 2 saturated heterocycles. The van der Waals surface area contributed by atoms with Crippen LogP contribution in [-0.4, -0.2) is 67.2 Å². The number of rotatable bonds is 7. The summed E-state index contributed by atoms with van der Waals surface area (Å²) in [5.74, 6) is -0.0808. The molecule has 0 N–H and O–H groups in total. The Hall–Kier alpha value is -2.26. The Morgan fingerprint density at radius 3 is 2.23 bits per heavy atom. The summed E-state index contributed by atoms with van der Waals surface area (Å²) < 4.78 is 4.60. The molecule has 8 nitrogen and oxygen atoms in total. The first-order valence-corrected chi connectivity index (χ1v) is 11.2. The van der Waals surface area contributed by atoms with Crippen LogP contribution in [0.25, 0.3) is 0 Å². The van der Waals surface area contributed by atoms with E-state index in [2.05, 4.69) is 0 Å². The maximum absolute atomic E-state index is 13.4. The lowest BCUT2D eigenvalue weighted by molar-refractivity contribution is -0.884. The number of ether oxygens (including phenoxy) is 1. The van der Waals surface area contributed by atoms with Crippen molar-refractivity contribution in [1.82, 2.24) is 9.55 Å². The summed E-state index contributed by atoms with van der Waals surface area (Å²) >= 11 is 0. The average Bonchev–Trinajstić information content (AvgIpc) is 3.02. The van der Waals surface area contributed by atoms with Gasteiger partial charge in [-0.1, -0.05) is 24.3 Å². The molecule has 3 aliphatic rings. The molecule has 1 aliphatic carbocycles. The fourth-order valence-electron chi connectivity index (χ4n) is 5.05. The van der Waals surface area contributed by atoms with Crippen LogP contribution < -0.4 is 9.38 Å². The molecular weight excluding hydrogens is 398 g/mol. The lowest BCUT2D eigenvalue weighted by Crippen LogP contribution is -2.63. The molecule has 0 bridgehead atoms. The van der Waals surface area contributed by atoms with Crippen LogP contribution in [0.4, 0.5) is 5.69 Å².